The first-order chi connectivity index (χ1) is 21.1. The zero-order chi connectivity index (χ0) is 32.2. The number of nitrogens with two attached hydrogens (primary N) is 3. The monoisotopic (exact) mass is 633 g/mol. The zero-order valence-corrected chi connectivity index (χ0v) is 25.8. The summed E-state index contributed by atoms with van der Waals surface area (Å²) in [5.41, 5.74) is 17.9. The second-order valence-corrected chi connectivity index (χ2v) is 11.8. The molecule has 1 aliphatic carbocycles. The molecule has 0 aromatic heterocycles. The molecule has 1 unspecified atom stereocenters. The van der Waals surface area contributed by atoms with Crippen molar-refractivity contribution in [3.05, 3.63) is 11.8 Å². The molecule has 3 aliphatic rings. The Labute approximate surface area is 259 Å². The topological polar surface area (TPSA) is 261 Å². The third kappa shape index (κ3) is 10.2. The van der Waals surface area contributed by atoms with Crippen LogP contribution in [0.4, 0.5) is 0 Å². The van der Waals surface area contributed by atoms with Crippen LogP contribution in [0.3, 0.4) is 0 Å². The summed E-state index contributed by atoms with van der Waals surface area (Å²) in [5.74, 6) is 0.323. The van der Waals surface area contributed by atoms with E-state index in [4.69, 9.17) is 36.1 Å². The highest BCUT2D eigenvalue weighted by atomic mass is 16.7. The van der Waals surface area contributed by atoms with E-state index >= 15 is 0 Å². The van der Waals surface area contributed by atoms with Crippen LogP contribution >= 0.6 is 0 Å². The highest BCUT2D eigenvalue weighted by molar-refractivity contribution is 5.80. The first-order valence-corrected chi connectivity index (χ1v) is 15.6. The van der Waals surface area contributed by atoms with Crippen LogP contribution in [0.1, 0.15) is 32.6 Å². The first kappa shape index (κ1) is 37.0. The van der Waals surface area contributed by atoms with Crippen LogP contribution in [0.25, 0.3) is 0 Å². The summed E-state index contributed by atoms with van der Waals surface area (Å²) >= 11 is 0. The molecule has 0 spiro atoms. The SMILES string of the molecule is CN[C@@H](C)[C@@H](O)[C@H](OCCO)O[C@@H]1[C@@H](O)[C@H](O[C@H]2OC(CN)=CC[C@H]2NCC2CCNC2)[C@@H](N)C[C@H]1NC(=O)[C@@H](O)CCN. The minimum absolute atomic E-state index is 0.0341. The lowest BCUT2D eigenvalue weighted by Gasteiger charge is -2.46. The lowest BCUT2D eigenvalue weighted by Crippen LogP contribution is -2.67. The molecule has 1 saturated heterocycles. The van der Waals surface area contributed by atoms with Gasteiger partial charge in [-0.2, -0.15) is 0 Å². The molecule has 12 atom stereocenters. The first-order valence-electron chi connectivity index (χ1n) is 15.6. The number of aliphatic hydroxyl groups excluding tert-OH is 4. The maximum absolute atomic E-state index is 12.8. The largest absolute Gasteiger partial charge is 0.467 e. The predicted molar refractivity (Wildman–Crippen MR) is 161 cm³/mol. The molecule has 2 fully saturated rings. The van der Waals surface area contributed by atoms with Crippen molar-refractivity contribution in [1.29, 1.82) is 0 Å². The molecule has 256 valence electrons. The molecule has 0 radical (unpaired) electrons. The van der Waals surface area contributed by atoms with Crippen molar-refractivity contribution in [3.8, 4) is 0 Å². The summed E-state index contributed by atoms with van der Waals surface area (Å²) in [5, 5.41) is 54.8. The second-order valence-electron chi connectivity index (χ2n) is 11.8. The number of ether oxygens (including phenoxy) is 4. The Morgan fingerprint density at radius 2 is 2.02 bits per heavy atom. The van der Waals surface area contributed by atoms with Crippen molar-refractivity contribution in [3.63, 3.8) is 0 Å². The Hall–Kier alpha value is -1.51. The Balaban J connectivity index is 1.83. The Kier molecular flexibility index (Phi) is 15.6. The van der Waals surface area contributed by atoms with Crippen molar-refractivity contribution in [2.75, 3.05) is 53.0 Å². The molecule has 3 rings (SSSR count). The molecule has 0 aromatic rings. The Morgan fingerprint density at radius 1 is 1.25 bits per heavy atom. The number of hydrogen-bond donors (Lipinski definition) is 11. The van der Waals surface area contributed by atoms with E-state index in [1.807, 2.05) is 6.08 Å². The Morgan fingerprint density at radius 3 is 2.66 bits per heavy atom. The van der Waals surface area contributed by atoms with E-state index in [1.165, 1.54) is 0 Å². The van der Waals surface area contributed by atoms with E-state index < -0.39 is 67.1 Å². The summed E-state index contributed by atoms with van der Waals surface area (Å²) in [7, 11) is 1.65. The van der Waals surface area contributed by atoms with Gasteiger partial charge < -0.3 is 77.8 Å². The second kappa shape index (κ2) is 18.6. The lowest BCUT2D eigenvalue weighted by atomic mass is 9.83. The highest BCUT2D eigenvalue weighted by Gasteiger charge is 2.49. The Bertz CT molecular complexity index is 884. The quantitative estimate of drug-likeness (QED) is 0.0636. The average Bonchev–Trinajstić information content (AvgIpc) is 3.55. The van der Waals surface area contributed by atoms with E-state index in [2.05, 4.69) is 21.3 Å². The normalized spacial score (nSPS) is 33.6. The summed E-state index contributed by atoms with van der Waals surface area (Å²) in [6, 6.07) is -2.41. The molecular weight excluding hydrogens is 578 g/mol. The molecule has 1 saturated carbocycles. The predicted octanol–water partition coefficient (Wildman–Crippen LogP) is -4.50. The van der Waals surface area contributed by atoms with Crippen molar-refractivity contribution >= 4 is 5.91 Å². The molecule has 14 N–H and O–H groups in total. The average molecular weight is 634 g/mol. The van der Waals surface area contributed by atoms with Gasteiger partial charge in [0.2, 0.25) is 12.2 Å². The van der Waals surface area contributed by atoms with E-state index in [-0.39, 0.29) is 45.2 Å². The smallest absolute Gasteiger partial charge is 0.249 e. The number of aliphatic hydroxyl groups is 4. The van der Waals surface area contributed by atoms with Crippen molar-refractivity contribution < 1.29 is 44.2 Å². The van der Waals surface area contributed by atoms with Crippen LogP contribution in [0.5, 0.6) is 0 Å². The summed E-state index contributed by atoms with van der Waals surface area (Å²) < 4.78 is 24.3. The van der Waals surface area contributed by atoms with Gasteiger partial charge >= 0.3 is 0 Å². The van der Waals surface area contributed by atoms with Crippen molar-refractivity contribution in [1.82, 2.24) is 21.3 Å². The number of likely N-dealkylation sites (N-methyl/N-ethyl adjacent to an activating group) is 1. The molecular formula is C28H55N7O9. The number of hydrogen-bond acceptors (Lipinski definition) is 15. The van der Waals surface area contributed by atoms with Crippen LogP contribution in [0, 0.1) is 5.92 Å². The highest BCUT2D eigenvalue weighted by Crippen LogP contribution is 2.30. The number of nitrogens with one attached hydrogen (secondary N) is 4. The number of rotatable bonds is 18. The van der Waals surface area contributed by atoms with Gasteiger partial charge in [-0.3, -0.25) is 4.79 Å². The number of carbonyl (C=O) groups excluding carboxylic acids is 1. The fraction of sp³-hybridized carbons (Fsp3) is 0.893. The zero-order valence-electron chi connectivity index (χ0n) is 25.8. The maximum Gasteiger partial charge on any atom is 0.249 e. The van der Waals surface area contributed by atoms with Gasteiger partial charge in [-0.05, 0) is 77.8 Å². The minimum Gasteiger partial charge on any atom is -0.467 e. The number of carbonyl (C=O) groups is 1. The summed E-state index contributed by atoms with van der Waals surface area (Å²) in [4.78, 5) is 12.8. The molecule has 0 bridgehead atoms. The van der Waals surface area contributed by atoms with Crippen LogP contribution in [0.15, 0.2) is 11.8 Å². The van der Waals surface area contributed by atoms with Gasteiger partial charge in [-0.15, -0.1) is 0 Å². The van der Waals surface area contributed by atoms with Crippen LogP contribution in [0.2, 0.25) is 0 Å². The molecule has 1 amide bonds. The minimum atomic E-state index is -1.43. The molecule has 0 aromatic carbocycles. The van der Waals surface area contributed by atoms with Crippen LogP contribution in [-0.4, -0.2) is 147 Å². The van der Waals surface area contributed by atoms with Gasteiger partial charge in [0.05, 0.1) is 31.8 Å². The van der Waals surface area contributed by atoms with Crippen LogP contribution in [-0.2, 0) is 23.7 Å². The van der Waals surface area contributed by atoms with E-state index in [0.29, 0.717) is 18.1 Å². The van der Waals surface area contributed by atoms with E-state index in [0.717, 1.165) is 26.1 Å². The molecule has 16 nitrogen and oxygen atoms in total. The molecule has 44 heavy (non-hydrogen) atoms. The third-order valence-corrected chi connectivity index (χ3v) is 8.52. The number of amides is 1. The maximum atomic E-state index is 12.8. The van der Waals surface area contributed by atoms with Crippen molar-refractivity contribution in [2.45, 2.75) is 99.9 Å². The molecule has 2 aliphatic heterocycles. The van der Waals surface area contributed by atoms with E-state index in [1.54, 1.807) is 14.0 Å². The molecule has 16 heteroatoms. The third-order valence-electron chi connectivity index (χ3n) is 8.52. The fourth-order valence-corrected chi connectivity index (χ4v) is 5.70. The van der Waals surface area contributed by atoms with Crippen molar-refractivity contribution in [2.24, 2.45) is 23.1 Å². The lowest BCUT2D eigenvalue weighted by molar-refractivity contribution is -0.273. The van der Waals surface area contributed by atoms with Gasteiger partial charge in [-0.25, -0.2) is 0 Å². The van der Waals surface area contributed by atoms with Gasteiger partial charge in [0, 0.05) is 12.1 Å². The van der Waals surface area contributed by atoms with Gasteiger partial charge in [0.1, 0.15) is 36.3 Å². The van der Waals surface area contributed by atoms with Crippen LogP contribution < -0.4 is 38.5 Å². The molecule has 2 heterocycles. The summed E-state index contributed by atoms with van der Waals surface area (Å²) in [6.07, 6.45) is -4.66. The van der Waals surface area contributed by atoms with Gasteiger partial charge in [0.25, 0.3) is 0 Å². The standard InChI is InChI=1S/C28H55N7O9/c1-15(32-2)22(38)28(41-10-9-36)44-25-20(35-26(40)21(37)5-7-29)11-18(31)24(23(25)39)43-27-19(4-3-17(12-30)42-27)34-14-16-6-8-33-13-16/h3,15-16,18-25,27-28,32-34,36-39H,4-14,29-31H2,1-2H3,(H,35,40)/t15-,16?,18-,19+,20+,21-,22+,23-,24+,25-,27+,28+/m0/s1. The van der Waals surface area contributed by atoms with E-state index in [9.17, 15) is 25.2 Å². The fourth-order valence-electron chi connectivity index (χ4n) is 5.70. The summed E-state index contributed by atoms with van der Waals surface area (Å²) in [6.45, 7) is 4.14. The van der Waals surface area contributed by atoms with Gasteiger partial charge in [0.15, 0.2) is 6.29 Å². The van der Waals surface area contributed by atoms with Gasteiger partial charge in [-0.1, -0.05) is 0 Å².